The number of nitrogens with two attached hydrogens (primary N) is 1. The Morgan fingerprint density at radius 2 is 1.95 bits per heavy atom. The van der Waals surface area contributed by atoms with Crippen LogP contribution >= 0.6 is 11.6 Å². The highest BCUT2D eigenvalue weighted by atomic mass is 35.5. The molecule has 2 rings (SSSR count). The quantitative estimate of drug-likeness (QED) is 0.924. The highest BCUT2D eigenvalue weighted by Gasteiger charge is 2.30. The Bertz CT molecular complexity index is 476. The normalized spacial score (nSPS) is 17.3. The first-order valence-corrected chi connectivity index (χ1v) is 7.29. The van der Waals surface area contributed by atoms with E-state index in [9.17, 15) is 4.79 Å². The van der Waals surface area contributed by atoms with E-state index < -0.39 is 5.54 Å². The smallest absolute Gasteiger partial charge is 0.242 e. The van der Waals surface area contributed by atoms with Crippen molar-refractivity contribution in [2.75, 3.05) is 26.2 Å². The van der Waals surface area contributed by atoms with Crippen LogP contribution in [0.4, 0.5) is 0 Å². The van der Waals surface area contributed by atoms with Crippen LogP contribution in [-0.2, 0) is 11.3 Å². The molecular formula is C15H22ClN3O. The molecule has 0 radical (unpaired) electrons. The first-order chi connectivity index (χ1) is 9.36. The minimum Gasteiger partial charge on any atom is -0.339 e. The molecule has 1 amide bonds. The molecule has 0 saturated carbocycles. The summed E-state index contributed by atoms with van der Waals surface area (Å²) in [7, 11) is 0. The van der Waals surface area contributed by atoms with Crippen LogP contribution in [0.25, 0.3) is 0 Å². The molecule has 1 aromatic carbocycles. The molecule has 0 aliphatic carbocycles. The van der Waals surface area contributed by atoms with Crippen molar-refractivity contribution in [3.05, 3.63) is 34.9 Å². The number of carbonyl (C=O) groups is 1. The summed E-state index contributed by atoms with van der Waals surface area (Å²) in [6.07, 6.45) is 0. The fraction of sp³-hybridized carbons (Fsp3) is 0.533. The van der Waals surface area contributed by atoms with Crippen LogP contribution in [0.1, 0.15) is 19.4 Å². The summed E-state index contributed by atoms with van der Waals surface area (Å²) in [5, 5.41) is 0.765. The van der Waals surface area contributed by atoms with Crippen molar-refractivity contribution in [1.82, 2.24) is 9.80 Å². The number of rotatable bonds is 3. The van der Waals surface area contributed by atoms with Gasteiger partial charge in [0.05, 0.1) is 5.54 Å². The van der Waals surface area contributed by atoms with Gasteiger partial charge in [-0.25, -0.2) is 0 Å². The van der Waals surface area contributed by atoms with Crippen molar-refractivity contribution in [1.29, 1.82) is 0 Å². The lowest BCUT2D eigenvalue weighted by atomic mass is 10.0. The molecule has 1 fully saturated rings. The third-order valence-electron chi connectivity index (χ3n) is 3.51. The maximum atomic E-state index is 12.1. The maximum absolute atomic E-state index is 12.1. The molecule has 1 aliphatic rings. The number of piperazine rings is 1. The average molecular weight is 296 g/mol. The minimum atomic E-state index is -0.783. The van der Waals surface area contributed by atoms with Gasteiger partial charge in [0.15, 0.2) is 0 Å². The van der Waals surface area contributed by atoms with Gasteiger partial charge in [-0.1, -0.05) is 23.7 Å². The summed E-state index contributed by atoms with van der Waals surface area (Å²) in [5.74, 6) is 0.0277. The lowest BCUT2D eigenvalue weighted by molar-refractivity contribution is -0.137. The van der Waals surface area contributed by atoms with Crippen molar-refractivity contribution < 1.29 is 4.79 Å². The molecule has 0 atom stereocenters. The second kappa shape index (κ2) is 6.12. The molecular weight excluding hydrogens is 274 g/mol. The van der Waals surface area contributed by atoms with Crippen molar-refractivity contribution in [3.8, 4) is 0 Å². The van der Waals surface area contributed by atoms with Crippen LogP contribution in [0.3, 0.4) is 0 Å². The Morgan fingerprint density at radius 3 is 2.50 bits per heavy atom. The number of amides is 1. The first kappa shape index (κ1) is 15.3. The zero-order valence-corrected chi connectivity index (χ0v) is 12.9. The number of hydrogen-bond donors (Lipinski definition) is 1. The van der Waals surface area contributed by atoms with E-state index in [2.05, 4.69) is 11.0 Å². The number of halogens is 1. The van der Waals surface area contributed by atoms with E-state index in [1.165, 1.54) is 5.56 Å². The van der Waals surface area contributed by atoms with Crippen molar-refractivity contribution >= 4 is 17.5 Å². The summed E-state index contributed by atoms with van der Waals surface area (Å²) in [6, 6.07) is 7.91. The Labute approximate surface area is 125 Å². The van der Waals surface area contributed by atoms with E-state index in [1.807, 2.05) is 23.1 Å². The van der Waals surface area contributed by atoms with Crippen LogP contribution in [0, 0.1) is 0 Å². The topological polar surface area (TPSA) is 49.6 Å². The maximum Gasteiger partial charge on any atom is 0.242 e. The van der Waals surface area contributed by atoms with E-state index in [1.54, 1.807) is 13.8 Å². The van der Waals surface area contributed by atoms with Crippen LogP contribution in [0.5, 0.6) is 0 Å². The van der Waals surface area contributed by atoms with E-state index in [0.717, 1.165) is 37.7 Å². The van der Waals surface area contributed by atoms with Crippen LogP contribution < -0.4 is 5.73 Å². The molecule has 2 N–H and O–H groups in total. The molecule has 1 aromatic rings. The van der Waals surface area contributed by atoms with E-state index >= 15 is 0 Å². The second-order valence-electron chi connectivity index (χ2n) is 5.92. The van der Waals surface area contributed by atoms with Gasteiger partial charge in [-0.2, -0.15) is 0 Å². The molecule has 110 valence electrons. The van der Waals surface area contributed by atoms with E-state index in [4.69, 9.17) is 17.3 Å². The molecule has 5 heteroatoms. The monoisotopic (exact) mass is 295 g/mol. The standard InChI is InChI=1S/C15H22ClN3O/c1-15(2,17)14(20)19-8-6-18(7-9-19)11-12-4-3-5-13(16)10-12/h3-5,10H,6-9,11,17H2,1-2H3. The fourth-order valence-electron chi connectivity index (χ4n) is 2.41. The molecule has 20 heavy (non-hydrogen) atoms. The summed E-state index contributed by atoms with van der Waals surface area (Å²) in [6.45, 7) is 7.60. The van der Waals surface area contributed by atoms with E-state index in [0.29, 0.717) is 0 Å². The Hall–Kier alpha value is -1.10. The van der Waals surface area contributed by atoms with Gasteiger partial charge in [0, 0.05) is 37.7 Å². The van der Waals surface area contributed by atoms with Gasteiger partial charge in [0.1, 0.15) is 0 Å². The number of hydrogen-bond acceptors (Lipinski definition) is 3. The largest absolute Gasteiger partial charge is 0.339 e. The molecule has 1 saturated heterocycles. The lowest BCUT2D eigenvalue weighted by Crippen LogP contribution is -2.56. The third-order valence-corrected chi connectivity index (χ3v) is 3.74. The molecule has 0 unspecified atom stereocenters. The Morgan fingerprint density at radius 1 is 1.30 bits per heavy atom. The molecule has 1 heterocycles. The first-order valence-electron chi connectivity index (χ1n) is 6.91. The van der Waals surface area contributed by atoms with E-state index in [-0.39, 0.29) is 5.91 Å². The predicted octanol–water partition coefficient (Wildman–Crippen LogP) is 1.72. The van der Waals surface area contributed by atoms with Gasteiger partial charge in [-0.3, -0.25) is 9.69 Å². The van der Waals surface area contributed by atoms with Gasteiger partial charge < -0.3 is 10.6 Å². The summed E-state index contributed by atoms with van der Waals surface area (Å²) >= 11 is 5.99. The van der Waals surface area contributed by atoms with Gasteiger partial charge in [-0.15, -0.1) is 0 Å². The molecule has 1 aliphatic heterocycles. The zero-order chi connectivity index (χ0) is 14.8. The summed E-state index contributed by atoms with van der Waals surface area (Å²) in [4.78, 5) is 16.3. The van der Waals surface area contributed by atoms with Crippen molar-refractivity contribution in [2.45, 2.75) is 25.9 Å². The highest BCUT2D eigenvalue weighted by Crippen LogP contribution is 2.15. The highest BCUT2D eigenvalue weighted by molar-refractivity contribution is 6.30. The SMILES string of the molecule is CC(C)(N)C(=O)N1CCN(Cc2cccc(Cl)c2)CC1. The van der Waals surface area contributed by atoms with Gasteiger partial charge >= 0.3 is 0 Å². The van der Waals surface area contributed by atoms with Crippen LogP contribution in [0.15, 0.2) is 24.3 Å². The number of carbonyl (C=O) groups excluding carboxylic acids is 1. The fourth-order valence-corrected chi connectivity index (χ4v) is 2.62. The van der Waals surface area contributed by atoms with Crippen LogP contribution in [0.2, 0.25) is 5.02 Å². The zero-order valence-electron chi connectivity index (χ0n) is 12.1. The average Bonchev–Trinajstić information content (AvgIpc) is 2.38. The lowest BCUT2D eigenvalue weighted by Gasteiger charge is -2.37. The number of nitrogens with zero attached hydrogens (tertiary/aromatic N) is 2. The third kappa shape index (κ3) is 3.95. The van der Waals surface area contributed by atoms with Crippen molar-refractivity contribution in [2.24, 2.45) is 5.73 Å². The Balaban J connectivity index is 1.87. The minimum absolute atomic E-state index is 0.0277. The summed E-state index contributed by atoms with van der Waals surface area (Å²) in [5.41, 5.74) is 6.29. The van der Waals surface area contributed by atoms with Crippen LogP contribution in [-0.4, -0.2) is 47.4 Å². The van der Waals surface area contributed by atoms with Gasteiger partial charge in [-0.05, 0) is 31.5 Å². The molecule has 0 spiro atoms. The predicted molar refractivity (Wildman–Crippen MR) is 81.6 cm³/mol. The second-order valence-corrected chi connectivity index (χ2v) is 6.36. The number of benzene rings is 1. The molecule has 4 nitrogen and oxygen atoms in total. The summed E-state index contributed by atoms with van der Waals surface area (Å²) < 4.78 is 0. The van der Waals surface area contributed by atoms with Gasteiger partial charge in [0.25, 0.3) is 0 Å². The molecule has 0 aromatic heterocycles. The van der Waals surface area contributed by atoms with Gasteiger partial charge in [0.2, 0.25) is 5.91 Å². The Kier molecular flexibility index (Phi) is 4.68. The van der Waals surface area contributed by atoms with Crippen molar-refractivity contribution in [3.63, 3.8) is 0 Å². The molecule has 0 bridgehead atoms.